The van der Waals surface area contributed by atoms with Crippen molar-refractivity contribution in [2.45, 2.75) is 18.4 Å². The fourth-order valence-electron chi connectivity index (χ4n) is 3.41. The Hall–Kier alpha value is -3.99. The van der Waals surface area contributed by atoms with Crippen LogP contribution in [0, 0.1) is 6.92 Å². The molecule has 0 aliphatic rings. The molecule has 1 aromatic heterocycles. The molecule has 0 unspecified atom stereocenters. The Labute approximate surface area is 235 Å². The van der Waals surface area contributed by atoms with Crippen LogP contribution in [0.2, 0.25) is 10.0 Å². The monoisotopic (exact) mass is 587 g/mol. The molecule has 0 atom stereocenters. The molecule has 4 aromatic rings. The number of carbonyl (C=O) groups excluding carboxylic acids is 1. The molecular weight excluding hydrogens is 565 g/mol. The Bertz CT molecular complexity index is 1600. The zero-order chi connectivity index (χ0) is 28.0. The summed E-state index contributed by atoms with van der Waals surface area (Å²) in [5, 5.41) is 7.30. The molecule has 0 fully saturated rings. The number of rotatable bonds is 10. The minimum Gasteiger partial charge on any atom is -0.493 e. The highest BCUT2D eigenvalue weighted by molar-refractivity contribution is 7.92. The van der Waals surface area contributed by atoms with Gasteiger partial charge in [0.15, 0.2) is 17.3 Å². The second-order valence-electron chi connectivity index (χ2n) is 8.17. The fourth-order valence-corrected chi connectivity index (χ4v) is 4.90. The van der Waals surface area contributed by atoms with Crippen LogP contribution in [0.15, 0.2) is 82.2 Å². The number of sulfonamides is 1. The Morgan fingerprint density at radius 3 is 2.38 bits per heavy atom. The number of amides is 1. The third-order valence-electron chi connectivity index (χ3n) is 5.35. The summed E-state index contributed by atoms with van der Waals surface area (Å²) in [6.07, 6.45) is 2.95. The molecule has 0 spiro atoms. The first-order valence-electron chi connectivity index (χ1n) is 11.4. The van der Waals surface area contributed by atoms with Crippen LogP contribution in [0.25, 0.3) is 6.08 Å². The lowest BCUT2D eigenvalue weighted by atomic mass is 10.2. The maximum atomic E-state index is 12.5. The molecule has 0 aliphatic carbocycles. The van der Waals surface area contributed by atoms with Crippen molar-refractivity contribution in [3.8, 4) is 11.5 Å². The van der Waals surface area contributed by atoms with E-state index in [0.717, 1.165) is 0 Å². The summed E-state index contributed by atoms with van der Waals surface area (Å²) >= 11 is 12.4. The average molecular weight is 588 g/mol. The maximum absolute atomic E-state index is 12.5. The van der Waals surface area contributed by atoms with E-state index < -0.39 is 15.9 Å². The van der Waals surface area contributed by atoms with Crippen LogP contribution < -0.4 is 19.5 Å². The first kappa shape index (κ1) is 28.0. The number of benzene rings is 3. The standard InChI is InChI=1S/C27H23Cl2N3O6S/c1-17-14-26(31-38-17)32-39(34,35)20-10-8-19(9-11-20)30-27(33)13-7-18-6-12-24(25(15-18)36-2)37-16-21-22(28)4-3-5-23(21)29/h3-15H,16H2,1-2H3,(H,30,33)(H,31,32). The second kappa shape index (κ2) is 12.2. The number of ether oxygens (including phenoxy) is 2. The number of anilines is 2. The molecule has 4 rings (SSSR count). The zero-order valence-electron chi connectivity index (χ0n) is 20.8. The minimum atomic E-state index is -3.86. The van der Waals surface area contributed by atoms with Gasteiger partial charge in [-0.15, -0.1) is 0 Å². The van der Waals surface area contributed by atoms with Gasteiger partial charge in [0.2, 0.25) is 5.91 Å². The highest BCUT2D eigenvalue weighted by Gasteiger charge is 2.16. The van der Waals surface area contributed by atoms with E-state index in [4.69, 9.17) is 37.2 Å². The van der Waals surface area contributed by atoms with Gasteiger partial charge in [-0.1, -0.05) is 40.5 Å². The van der Waals surface area contributed by atoms with Crippen LogP contribution in [-0.4, -0.2) is 26.6 Å². The Kier molecular flexibility index (Phi) is 8.80. The molecule has 9 nitrogen and oxygen atoms in total. The normalized spacial score (nSPS) is 11.4. The van der Waals surface area contributed by atoms with Gasteiger partial charge in [-0.25, -0.2) is 8.42 Å². The van der Waals surface area contributed by atoms with Gasteiger partial charge >= 0.3 is 0 Å². The van der Waals surface area contributed by atoms with Crippen molar-refractivity contribution in [2.24, 2.45) is 0 Å². The number of hydrogen-bond donors (Lipinski definition) is 2. The summed E-state index contributed by atoms with van der Waals surface area (Å²) < 4.78 is 43.5. The molecule has 0 saturated heterocycles. The summed E-state index contributed by atoms with van der Waals surface area (Å²) in [6, 6.07) is 17.6. The predicted molar refractivity (Wildman–Crippen MR) is 150 cm³/mol. The van der Waals surface area contributed by atoms with E-state index in [1.165, 1.54) is 43.5 Å². The van der Waals surface area contributed by atoms with E-state index in [0.29, 0.717) is 44.1 Å². The molecule has 1 amide bonds. The van der Waals surface area contributed by atoms with Crippen LogP contribution in [0.3, 0.4) is 0 Å². The first-order chi connectivity index (χ1) is 18.6. The van der Waals surface area contributed by atoms with Crippen LogP contribution in [0.5, 0.6) is 11.5 Å². The van der Waals surface area contributed by atoms with Gasteiger partial charge in [0, 0.05) is 33.4 Å². The van der Waals surface area contributed by atoms with Crippen molar-refractivity contribution < 1.29 is 27.2 Å². The molecule has 0 radical (unpaired) electrons. The lowest BCUT2D eigenvalue weighted by Gasteiger charge is -2.13. The van der Waals surface area contributed by atoms with E-state index in [9.17, 15) is 13.2 Å². The summed E-state index contributed by atoms with van der Waals surface area (Å²) in [7, 11) is -2.35. The number of nitrogens with one attached hydrogen (secondary N) is 2. The molecule has 12 heteroatoms. The third kappa shape index (κ3) is 7.32. The van der Waals surface area contributed by atoms with Crippen LogP contribution in [-0.2, 0) is 21.4 Å². The lowest BCUT2D eigenvalue weighted by Crippen LogP contribution is -2.13. The Morgan fingerprint density at radius 2 is 1.74 bits per heavy atom. The maximum Gasteiger partial charge on any atom is 0.263 e. The van der Waals surface area contributed by atoms with Gasteiger partial charge in [-0.3, -0.25) is 9.52 Å². The summed E-state index contributed by atoms with van der Waals surface area (Å²) in [5.41, 5.74) is 1.77. The molecule has 202 valence electrons. The van der Waals surface area contributed by atoms with Gasteiger partial charge in [-0.05, 0) is 67.1 Å². The minimum absolute atomic E-state index is 0.00269. The third-order valence-corrected chi connectivity index (χ3v) is 7.43. The molecule has 0 bridgehead atoms. The molecule has 0 saturated carbocycles. The molecule has 2 N–H and O–H groups in total. The molecule has 0 aliphatic heterocycles. The SMILES string of the molecule is COc1cc(C=CC(=O)Nc2ccc(S(=O)(=O)Nc3cc(C)on3)cc2)ccc1OCc1c(Cl)cccc1Cl. The Balaban J connectivity index is 1.36. The van der Waals surface area contributed by atoms with Crippen molar-refractivity contribution in [1.29, 1.82) is 0 Å². The fraction of sp³-hybridized carbons (Fsp3) is 0.111. The molecular formula is C27H23Cl2N3O6S. The highest BCUT2D eigenvalue weighted by Crippen LogP contribution is 2.31. The van der Waals surface area contributed by atoms with E-state index in [1.807, 2.05) is 0 Å². The largest absolute Gasteiger partial charge is 0.493 e. The molecule has 3 aromatic carbocycles. The van der Waals surface area contributed by atoms with E-state index >= 15 is 0 Å². The molecule has 1 heterocycles. The number of aryl methyl sites for hydroxylation is 1. The van der Waals surface area contributed by atoms with E-state index in [2.05, 4.69) is 15.2 Å². The number of carbonyl (C=O) groups is 1. The zero-order valence-corrected chi connectivity index (χ0v) is 23.1. The van der Waals surface area contributed by atoms with Crippen molar-refractivity contribution in [2.75, 3.05) is 17.1 Å². The van der Waals surface area contributed by atoms with Gasteiger partial charge in [0.1, 0.15) is 12.4 Å². The summed E-state index contributed by atoms with van der Waals surface area (Å²) in [4.78, 5) is 12.4. The topological polar surface area (TPSA) is 120 Å². The quantitative estimate of drug-likeness (QED) is 0.208. The average Bonchev–Trinajstić information content (AvgIpc) is 3.31. The van der Waals surface area contributed by atoms with Gasteiger partial charge in [0.25, 0.3) is 10.0 Å². The van der Waals surface area contributed by atoms with E-state index in [1.54, 1.807) is 49.4 Å². The summed E-state index contributed by atoms with van der Waals surface area (Å²) in [6.45, 7) is 1.81. The molecule has 39 heavy (non-hydrogen) atoms. The van der Waals surface area contributed by atoms with Crippen LogP contribution in [0.4, 0.5) is 11.5 Å². The van der Waals surface area contributed by atoms with Crippen LogP contribution in [0.1, 0.15) is 16.9 Å². The number of nitrogens with zero attached hydrogens (tertiary/aromatic N) is 1. The van der Waals surface area contributed by atoms with Crippen LogP contribution >= 0.6 is 23.2 Å². The van der Waals surface area contributed by atoms with E-state index in [-0.39, 0.29) is 17.3 Å². The second-order valence-corrected chi connectivity index (χ2v) is 10.7. The summed E-state index contributed by atoms with van der Waals surface area (Å²) in [5.74, 6) is 1.09. The highest BCUT2D eigenvalue weighted by atomic mass is 35.5. The number of hydrogen-bond acceptors (Lipinski definition) is 7. The van der Waals surface area contributed by atoms with Crippen molar-refractivity contribution in [3.05, 3.63) is 99.7 Å². The van der Waals surface area contributed by atoms with Crippen molar-refractivity contribution in [1.82, 2.24) is 5.16 Å². The Morgan fingerprint density at radius 1 is 1.03 bits per heavy atom. The lowest BCUT2D eigenvalue weighted by molar-refractivity contribution is -0.111. The number of aromatic nitrogens is 1. The first-order valence-corrected chi connectivity index (χ1v) is 13.7. The van der Waals surface area contributed by atoms with Crippen molar-refractivity contribution in [3.63, 3.8) is 0 Å². The predicted octanol–water partition coefficient (Wildman–Crippen LogP) is 6.33. The van der Waals surface area contributed by atoms with Gasteiger partial charge in [-0.2, -0.15) is 0 Å². The van der Waals surface area contributed by atoms with Gasteiger partial charge in [0.05, 0.1) is 12.0 Å². The van der Waals surface area contributed by atoms with Gasteiger partial charge < -0.3 is 19.3 Å². The number of halogens is 2. The number of methoxy groups -OCH3 is 1. The smallest absolute Gasteiger partial charge is 0.263 e. The van der Waals surface area contributed by atoms with Crippen molar-refractivity contribution >= 4 is 56.7 Å².